The highest BCUT2D eigenvalue weighted by Crippen LogP contribution is 2.29. The summed E-state index contributed by atoms with van der Waals surface area (Å²) in [6, 6.07) is 14.5. The molecule has 0 radical (unpaired) electrons. The first kappa shape index (κ1) is 19.2. The lowest BCUT2D eigenvalue weighted by Gasteiger charge is -2.35. The highest BCUT2D eigenvalue weighted by Gasteiger charge is 2.24. The summed E-state index contributed by atoms with van der Waals surface area (Å²) in [4.78, 5) is 17.5. The summed E-state index contributed by atoms with van der Waals surface area (Å²) in [5.41, 5.74) is 5.62. The largest absolute Gasteiger partial charge is 0.373 e. The van der Waals surface area contributed by atoms with Gasteiger partial charge in [0.15, 0.2) is 0 Å². The topological polar surface area (TPSA) is 32.8 Å². The normalized spacial score (nSPS) is 22.8. The van der Waals surface area contributed by atoms with E-state index in [2.05, 4.69) is 56.0 Å². The maximum atomic E-state index is 13.1. The lowest BCUT2D eigenvalue weighted by molar-refractivity contribution is -0.0704. The van der Waals surface area contributed by atoms with Crippen LogP contribution in [-0.2, 0) is 17.7 Å². The van der Waals surface area contributed by atoms with Crippen LogP contribution in [0.4, 0.5) is 5.69 Å². The molecule has 2 aromatic rings. The Morgan fingerprint density at radius 1 is 1.07 bits per heavy atom. The second-order valence-electron chi connectivity index (χ2n) is 8.34. The molecular weight excluding hydrogens is 348 g/mol. The molecule has 4 nitrogen and oxygen atoms in total. The molecule has 0 aliphatic carbocycles. The molecule has 2 aliphatic heterocycles. The monoisotopic (exact) mass is 378 g/mol. The molecule has 0 N–H and O–H groups in total. The van der Waals surface area contributed by atoms with Crippen molar-refractivity contribution in [3.63, 3.8) is 0 Å². The van der Waals surface area contributed by atoms with Crippen LogP contribution >= 0.6 is 0 Å². The van der Waals surface area contributed by atoms with Gasteiger partial charge in [0.2, 0.25) is 0 Å². The van der Waals surface area contributed by atoms with Crippen molar-refractivity contribution in [2.75, 3.05) is 24.5 Å². The molecule has 4 heteroatoms. The van der Waals surface area contributed by atoms with Crippen molar-refractivity contribution < 1.29 is 9.53 Å². The molecule has 1 amide bonds. The zero-order valence-electron chi connectivity index (χ0n) is 17.1. The van der Waals surface area contributed by atoms with Gasteiger partial charge in [-0.25, -0.2) is 0 Å². The van der Waals surface area contributed by atoms with E-state index in [4.69, 9.17) is 4.74 Å². The first-order chi connectivity index (χ1) is 13.5. The highest BCUT2D eigenvalue weighted by molar-refractivity contribution is 6.06. The van der Waals surface area contributed by atoms with Crippen LogP contribution in [0.25, 0.3) is 0 Å². The van der Waals surface area contributed by atoms with Crippen LogP contribution in [0, 0.1) is 6.92 Å². The number of hydrogen-bond donors (Lipinski definition) is 0. The van der Waals surface area contributed by atoms with Gasteiger partial charge in [0, 0.05) is 37.4 Å². The van der Waals surface area contributed by atoms with Crippen LogP contribution in [0.2, 0.25) is 0 Å². The first-order valence-corrected chi connectivity index (χ1v) is 10.4. The molecule has 2 unspecified atom stereocenters. The van der Waals surface area contributed by atoms with Crippen LogP contribution in [0.15, 0.2) is 42.5 Å². The Balaban J connectivity index is 1.46. The number of hydrogen-bond acceptors (Lipinski definition) is 3. The number of anilines is 1. The number of ether oxygens (including phenoxy) is 1. The van der Waals surface area contributed by atoms with Gasteiger partial charge in [0.05, 0.1) is 12.2 Å². The minimum absolute atomic E-state index is 0.102. The van der Waals surface area contributed by atoms with Crippen LogP contribution < -0.4 is 4.90 Å². The fraction of sp³-hybridized carbons (Fsp3) is 0.458. The van der Waals surface area contributed by atoms with Crippen LogP contribution in [-0.4, -0.2) is 42.6 Å². The number of morpholine rings is 1. The first-order valence-electron chi connectivity index (χ1n) is 10.4. The molecule has 2 aromatic carbocycles. The molecule has 2 heterocycles. The maximum Gasteiger partial charge on any atom is 0.258 e. The average Bonchev–Trinajstić information content (AvgIpc) is 2.66. The van der Waals surface area contributed by atoms with Crippen molar-refractivity contribution in [3.05, 3.63) is 64.7 Å². The van der Waals surface area contributed by atoms with Crippen LogP contribution in [0.3, 0.4) is 0 Å². The van der Waals surface area contributed by atoms with E-state index in [0.717, 1.165) is 50.3 Å². The molecule has 2 atom stereocenters. The van der Waals surface area contributed by atoms with Gasteiger partial charge in [0.25, 0.3) is 5.91 Å². The third-order valence-electron chi connectivity index (χ3n) is 5.70. The van der Waals surface area contributed by atoms with E-state index in [1.807, 2.05) is 17.0 Å². The summed E-state index contributed by atoms with van der Waals surface area (Å²) < 4.78 is 5.82. The third-order valence-corrected chi connectivity index (χ3v) is 5.70. The van der Waals surface area contributed by atoms with E-state index in [0.29, 0.717) is 0 Å². The van der Waals surface area contributed by atoms with Crippen molar-refractivity contribution in [1.82, 2.24) is 4.90 Å². The van der Waals surface area contributed by atoms with Gasteiger partial charge in [-0.3, -0.25) is 9.69 Å². The SMILES string of the molecule is Cc1ccc2c(c1)CCCN2C(=O)c1ccc(CN2CC(C)OC(C)C2)cc1. The van der Waals surface area contributed by atoms with E-state index >= 15 is 0 Å². The molecule has 28 heavy (non-hydrogen) atoms. The molecule has 1 fully saturated rings. The molecule has 2 aliphatic rings. The Morgan fingerprint density at radius 2 is 1.79 bits per heavy atom. The standard InChI is InChI=1S/C24H30N2O2/c1-17-6-11-23-22(13-17)5-4-12-26(23)24(27)21-9-7-20(8-10-21)16-25-14-18(2)28-19(3)15-25/h6-11,13,18-19H,4-5,12,14-16H2,1-3H3. The fourth-order valence-corrected chi connectivity index (χ4v) is 4.52. The maximum absolute atomic E-state index is 13.1. The van der Waals surface area contributed by atoms with Crippen molar-refractivity contribution in [1.29, 1.82) is 0 Å². The second-order valence-corrected chi connectivity index (χ2v) is 8.34. The summed E-state index contributed by atoms with van der Waals surface area (Å²) in [6.45, 7) is 9.96. The Hall–Kier alpha value is -2.17. The minimum atomic E-state index is 0.102. The predicted octanol–water partition coefficient (Wildman–Crippen LogP) is 4.20. The third kappa shape index (κ3) is 4.13. The van der Waals surface area contributed by atoms with E-state index in [1.54, 1.807) is 0 Å². The van der Waals surface area contributed by atoms with Crippen molar-refractivity contribution in [3.8, 4) is 0 Å². The second kappa shape index (κ2) is 8.06. The average molecular weight is 379 g/mol. The predicted molar refractivity (Wildman–Crippen MR) is 113 cm³/mol. The zero-order valence-corrected chi connectivity index (χ0v) is 17.1. The molecule has 0 saturated carbocycles. The number of aryl methyl sites for hydroxylation is 2. The quantitative estimate of drug-likeness (QED) is 0.803. The van der Waals surface area contributed by atoms with Gasteiger partial charge in [0.1, 0.15) is 0 Å². The van der Waals surface area contributed by atoms with Gasteiger partial charge in [-0.2, -0.15) is 0 Å². The minimum Gasteiger partial charge on any atom is -0.373 e. The molecular formula is C24H30N2O2. The number of benzene rings is 2. The van der Waals surface area contributed by atoms with E-state index in [1.165, 1.54) is 16.7 Å². The highest BCUT2D eigenvalue weighted by atomic mass is 16.5. The number of rotatable bonds is 3. The summed E-state index contributed by atoms with van der Waals surface area (Å²) in [5, 5.41) is 0. The summed E-state index contributed by atoms with van der Waals surface area (Å²) in [6.07, 6.45) is 2.61. The van der Waals surface area contributed by atoms with Crippen molar-refractivity contribution >= 4 is 11.6 Å². The number of nitrogens with zero attached hydrogens (tertiary/aromatic N) is 2. The Morgan fingerprint density at radius 3 is 2.50 bits per heavy atom. The molecule has 148 valence electrons. The molecule has 1 saturated heterocycles. The summed E-state index contributed by atoms with van der Waals surface area (Å²) >= 11 is 0. The molecule has 4 rings (SSSR count). The lowest BCUT2D eigenvalue weighted by Crippen LogP contribution is -2.44. The van der Waals surface area contributed by atoms with Gasteiger partial charge < -0.3 is 9.64 Å². The molecule has 0 spiro atoms. The van der Waals surface area contributed by atoms with Gasteiger partial charge in [-0.1, -0.05) is 29.8 Å². The van der Waals surface area contributed by atoms with E-state index < -0.39 is 0 Å². The van der Waals surface area contributed by atoms with Crippen LogP contribution in [0.5, 0.6) is 0 Å². The van der Waals surface area contributed by atoms with Crippen molar-refractivity contribution in [2.24, 2.45) is 0 Å². The zero-order chi connectivity index (χ0) is 19.7. The number of amides is 1. The summed E-state index contributed by atoms with van der Waals surface area (Å²) in [7, 11) is 0. The Kier molecular flexibility index (Phi) is 5.51. The van der Waals surface area contributed by atoms with E-state index in [-0.39, 0.29) is 18.1 Å². The van der Waals surface area contributed by atoms with Crippen molar-refractivity contribution in [2.45, 2.75) is 52.4 Å². The van der Waals surface area contributed by atoms with Gasteiger partial charge in [-0.05, 0) is 62.9 Å². The Bertz CT molecular complexity index is 836. The number of carbonyl (C=O) groups is 1. The van der Waals surface area contributed by atoms with Crippen LogP contribution in [0.1, 0.15) is 47.3 Å². The van der Waals surface area contributed by atoms with Gasteiger partial charge >= 0.3 is 0 Å². The molecule has 0 aromatic heterocycles. The Labute approximate surface area is 168 Å². The smallest absolute Gasteiger partial charge is 0.258 e. The number of carbonyl (C=O) groups excluding carboxylic acids is 1. The van der Waals surface area contributed by atoms with E-state index in [9.17, 15) is 4.79 Å². The van der Waals surface area contributed by atoms with Gasteiger partial charge in [-0.15, -0.1) is 0 Å². The fourth-order valence-electron chi connectivity index (χ4n) is 4.52. The lowest BCUT2D eigenvalue weighted by atomic mass is 9.98. The summed E-state index contributed by atoms with van der Waals surface area (Å²) in [5.74, 6) is 0.102. The number of fused-ring (bicyclic) bond motifs is 1. The molecule has 0 bridgehead atoms.